The summed E-state index contributed by atoms with van der Waals surface area (Å²) in [5.41, 5.74) is 3.63. The standard InChI is InChI=1S/C24H22N2O4/c1-30-22-11-17(9-18(13-27)20(22)14-28)24(29)16-6-4-7-19(10-16)25-23-12-15-5-2-3-8-21(15)26-23/h2-12,25-28H,13-14H2,1H3. The van der Waals surface area contributed by atoms with E-state index in [0.717, 1.165) is 22.4 Å². The number of carbonyl (C=O) groups is 1. The number of methoxy groups -OCH3 is 1. The van der Waals surface area contributed by atoms with Crippen molar-refractivity contribution >= 4 is 28.2 Å². The van der Waals surface area contributed by atoms with Gasteiger partial charge in [0, 0.05) is 33.3 Å². The summed E-state index contributed by atoms with van der Waals surface area (Å²) in [4.78, 5) is 16.4. The van der Waals surface area contributed by atoms with Crippen LogP contribution in [0.5, 0.6) is 5.75 Å². The molecule has 0 atom stereocenters. The molecule has 0 fully saturated rings. The van der Waals surface area contributed by atoms with Crippen LogP contribution in [-0.4, -0.2) is 28.1 Å². The number of aromatic nitrogens is 1. The number of H-pyrrole nitrogens is 1. The van der Waals surface area contributed by atoms with Crippen molar-refractivity contribution in [3.8, 4) is 5.75 Å². The van der Waals surface area contributed by atoms with Crippen molar-refractivity contribution in [1.82, 2.24) is 4.98 Å². The summed E-state index contributed by atoms with van der Waals surface area (Å²) < 4.78 is 5.30. The van der Waals surface area contributed by atoms with E-state index in [1.807, 2.05) is 42.5 Å². The Hall–Kier alpha value is -3.61. The van der Waals surface area contributed by atoms with Gasteiger partial charge in [0.05, 0.1) is 20.3 Å². The molecule has 0 spiro atoms. The number of anilines is 2. The highest BCUT2D eigenvalue weighted by atomic mass is 16.5. The molecular formula is C24H22N2O4. The number of aromatic amines is 1. The minimum absolute atomic E-state index is 0.201. The first-order valence-corrected chi connectivity index (χ1v) is 9.54. The van der Waals surface area contributed by atoms with E-state index in [-0.39, 0.29) is 19.0 Å². The number of benzene rings is 3. The smallest absolute Gasteiger partial charge is 0.193 e. The normalized spacial score (nSPS) is 10.9. The number of nitrogens with one attached hydrogen (secondary N) is 2. The van der Waals surface area contributed by atoms with Gasteiger partial charge in [0.2, 0.25) is 0 Å². The maximum atomic E-state index is 13.1. The molecule has 6 nitrogen and oxygen atoms in total. The van der Waals surface area contributed by atoms with Gasteiger partial charge in [-0.05, 0) is 42.0 Å². The van der Waals surface area contributed by atoms with Gasteiger partial charge in [-0.1, -0.05) is 30.3 Å². The summed E-state index contributed by atoms with van der Waals surface area (Å²) in [7, 11) is 1.47. The second kappa shape index (κ2) is 8.41. The van der Waals surface area contributed by atoms with Crippen LogP contribution in [0.25, 0.3) is 10.9 Å². The average molecular weight is 402 g/mol. The molecule has 1 aromatic heterocycles. The Morgan fingerprint density at radius 2 is 1.80 bits per heavy atom. The number of ketones is 1. The summed E-state index contributed by atoms with van der Waals surface area (Å²) in [6.45, 7) is -0.577. The Morgan fingerprint density at radius 3 is 2.53 bits per heavy atom. The van der Waals surface area contributed by atoms with Crippen LogP contribution in [0.3, 0.4) is 0 Å². The predicted octanol–water partition coefficient (Wildman–Crippen LogP) is 4.14. The number of hydrogen-bond donors (Lipinski definition) is 4. The molecule has 0 aliphatic carbocycles. The fraction of sp³-hybridized carbons (Fsp3) is 0.125. The molecule has 0 unspecified atom stereocenters. The monoisotopic (exact) mass is 402 g/mol. The van der Waals surface area contributed by atoms with Gasteiger partial charge < -0.3 is 25.3 Å². The molecule has 0 aliphatic heterocycles. The van der Waals surface area contributed by atoms with Gasteiger partial charge in [-0.15, -0.1) is 0 Å². The van der Waals surface area contributed by atoms with Crippen LogP contribution < -0.4 is 10.1 Å². The van der Waals surface area contributed by atoms with E-state index in [1.165, 1.54) is 7.11 Å². The van der Waals surface area contributed by atoms with E-state index in [0.29, 0.717) is 28.0 Å². The summed E-state index contributed by atoms with van der Waals surface area (Å²) in [6, 6.07) is 20.4. The minimum Gasteiger partial charge on any atom is -0.496 e. The summed E-state index contributed by atoms with van der Waals surface area (Å²) >= 11 is 0. The molecule has 0 radical (unpaired) electrons. The molecule has 0 aliphatic rings. The zero-order chi connectivity index (χ0) is 21.1. The van der Waals surface area contributed by atoms with Gasteiger partial charge >= 0.3 is 0 Å². The third kappa shape index (κ3) is 3.78. The molecule has 4 rings (SSSR count). The zero-order valence-electron chi connectivity index (χ0n) is 16.5. The molecule has 3 aromatic carbocycles. The highest BCUT2D eigenvalue weighted by Gasteiger charge is 2.16. The summed E-state index contributed by atoms with van der Waals surface area (Å²) in [5, 5.41) is 23.6. The van der Waals surface area contributed by atoms with Crippen LogP contribution in [0.4, 0.5) is 11.5 Å². The minimum atomic E-state index is -0.296. The molecule has 0 saturated carbocycles. The number of rotatable bonds is 7. The third-order valence-electron chi connectivity index (χ3n) is 5.05. The molecule has 4 N–H and O–H groups in total. The Bertz CT molecular complexity index is 1150. The second-order valence-electron chi connectivity index (χ2n) is 6.94. The van der Waals surface area contributed by atoms with Crippen molar-refractivity contribution in [2.75, 3.05) is 12.4 Å². The molecule has 30 heavy (non-hydrogen) atoms. The maximum absolute atomic E-state index is 13.1. The van der Waals surface area contributed by atoms with Gasteiger partial charge in [-0.3, -0.25) is 4.79 Å². The first-order chi connectivity index (χ1) is 14.6. The van der Waals surface area contributed by atoms with E-state index in [4.69, 9.17) is 4.74 Å². The SMILES string of the molecule is COc1cc(C(=O)c2cccc(Nc3cc4ccccc4[nH]3)c2)cc(CO)c1CO. The largest absolute Gasteiger partial charge is 0.496 e. The Kier molecular flexibility index (Phi) is 5.52. The molecule has 6 heteroatoms. The number of hydrogen-bond acceptors (Lipinski definition) is 5. The molecule has 1 heterocycles. The quantitative estimate of drug-likeness (QED) is 0.349. The lowest BCUT2D eigenvalue weighted by Crippen LogP contribution is -2.07. The molecule has 0 amide bonds. The fourth-order valence-electron chi connectivity index (χ4n) is 3.54. The number of ether oxygens (including phenoxy) is 1. The van der Waals surface area contributed by atoms with Gasteiger partial charge in [-0.25, -0.2) is 0 Å². The molecular weight excluding hydrogens is 380 g/mol. The highest BCUT2D eigenvalue weighted by molar-refractivity contribution is 6.10. The van der Waals surface area contributed by atoms with E-state index >= 15 is 0 Å². The van der Waals surface area contributed by atoms with Gasteiger partial charge in [0.15, 0.2) is 5.78 Å². The topological polar surface area (TPSA) is 94.6 Å². The highest BCUT2D eigenvalue weighted by Crippen LogP contribution is 2.28. The van der Waals surface area contributed by atoms with Crippen LogP contribution >= 0.6 is 0 Å². The zero-order valence-corrected chi connectivity index (χ0v) is 16.5. The van der Waals surface area contributed by atoms with Crippen LogP contribution in [0.15, 0.2) is 66.7 Å². The lowest BCUT2D eigenvalue weighted by Gasteiger charge is -2.13. The third-order valence-corrected chi connectivity index (χ3v) is 5.05. The van der Waals surface area contributed by atoms with Crippen molar-refractivity contribution < 1.29 is 19.7 Å². The number of aliphatic hydroxyl groups is 2. The van der Waals surface area contributed by atoms with Crippen LogP contribution in [0.2, 0.25) is 0 Å². The van der Waals surface area contributed by atoms with Gasteiger partial charge in [0.25, 0.3) is 0 Å². The molecule has 152 valence electrons. The van der Waals surface area contributed by atoms with Crippen molar-refractivity contribution in [2.45, 2.75) is 13.2 Å². The predicted molar refractivity (Wildman–Crippen MR) is 116 cm³/mol. The number of para-hydroxylation sites is 1. The van der Waals surface area contributed by atoms with E-state index in [2.05, 4.69) is 10.3 Å². The van der Waals surface area contributed by atoms with Crippen molar-refractivity contribution in [3.63, 3.8) is 0 Å². The van der Waals surface area contributed by atoms with Crippen LogP contribution in [0, 0.1) is 0 Å². The summed E-state index contributed by atoms with van der Waals surface area (Å²) in [5.74, 6) is 1.00. The van der Waals surface area contributed by atoms with E-state index in [9.17, 15) is 15.0 Å². The maximum Gasteiger partial charge on any atom is 0.193 e. The molecule has 4 aromatic rings. The van der Waals surface area contributed by atoms with Gasteiger partial charge in [-0.2, -0.15) is 0 Å². The number of carbonyl (C=O) groups excluding carboxylic acids is 1. The first kappa shape index (κ1) is 19.7. The van der Waals surface area contributed by atoms with E-state index in [1.54, 1.807) is 24.3 Å². The molecule has 0 saturated heterocycles. The van der Waals surface area contributed by atoms with E-state index < -0.39 is 0 Å². The number of aliphatic hydroxyl groups excluding tert-OH is 2. The molecule has 0 bridgehead atoms. The Morgan fingerprint density at radius 1 is 0.967 bits per heavy atom. The fourth-order valence-corrected chi connectivity index (χ4v) is 3.54. The summed E-state index contributed by atoms with van der Waals surface area (Å²) in [6.07, 6.45) is 0. The Labute approximate surface area is 173 Å². The van der Waals surface area contributed by atoms with Crippen molar-refractivity contribution in [3.05, 3.63) is 89.0 Å². The van der Waals surface area contributed by atoms with Crippen LogP contribution in [-0.2, 0) is 13.2 Å². The lowest BCUT2D eigenvalue weighted by atomic mass is 9.97. The number of fused-ring (bicyclic) bond motifs is 1. The Balaban J connectivity index is 1.64. The van der Waals surface area contributed by atoms with Crippen molar-refractivity contribution in [2.24, 2.45) is 0 Å². The van der Waals surface area contributed by atoms with Gasteiger partial charge in [0.1, 0.15) is 11.6 Å². The first-order valence-electron chi connectivity index (χ1n) is 9.54. The average Bonchev–Trinajstić information content (AvgIpc) is 3.19. The lowest BCUT2D eigenvalue weighted by molar-refractivity contribution is 0.103. The van der Waals surface area contributed by atoms with Crippen molar-refractivity contribution in [1.29, 1.82) is 0 Å². The van der Waals surface area contributed by atoms with Crippen LogP contribution in [0.1, 0.15) is 27.0 Å². The second-order valence-corrected chi connectivity index (χ2v) is 6.94.